The fourth-order valence-corrected chi connectivity index (χ4v) is 3.32. The average Bonchev–Trinajstić information content (AvgIpc) is 2.79. The Morgan fingerprint density at radius 1 is 1.33 bits per heavy atom. The summed E-state index contributed by atoms with van der Waals surface area (Å²) in [6, 6.07) is 9.21. The lowest BCUT2D eigenvalue weighted by molar-refractivity contribution is -0.384. The smallest absolute Gasteiger partial charge is 0.269 e. The average molecular weight is 304 g/mol. The van der Waals surface area contributed by atoms with E-state index in [1.165, 1.54) is 21.4 Å². The fraction of sp³-hybridized carbons (Fsp3) is 0.375. The van der Waals surface area contributed by atoms with Gasteiger partial charge in [-0.2, -0.15) is 0 Å². The lowest BCUT2D eigenvalue weighted by Gasteiger charge is -2.16. The van der Waals surface area contributed by atoms with Crippen molar-refractivity contribution in [1.82, 2.24) is 5.32 Å². The molecule has 0 aliphatic rings. The van der Waals surface area contributed by atoms with Crippen molar-refractivity contribution in [3.8, 4) is 0 Å². The molecule has 1 aromatic heterocycles. The van der Waals surface area contributed by atoms with Gasteiger partial charge in [-0.15, -0.1) is 11.3 Å². The second kappa shape index (κ2) is 6.83. The molecule has 2 aromatic rings. The molecule has 1 unspecified atom stereocenters. The molecule has 0 saturated heterocycles. The molecular weight excluding hydrogens is 284 g/mol. The van der Waals surface area contributed by atoms with E-state index in [4.69, 9.17) is 0 Å². The highest BCUT2D eigenvalue weighted by molar-refractivity contribution is 7.12. The van der Waals surface area contributed by atoms with Crippen molar-refractivity contribution in [1.29, 1.82) is 0 Å². The number of hydrogen-bond acceptors (Lipinski definition) is 4. The molecule has 1 aromatic carbocycles. The van der Waals surface area contributed by atoms with Crippen molar-refractivity contribution in [2.24, 2.45) is 0 Å². The third kappa shape index (κ3) is 3.89. The van der Waals surface area contributed by atoms with Crippen molar-refractivity contribution >= 4 is 17.0 Å². The van der Waals surface area contributed by atoms with Gasteiger partial charge in [0.25, 0.3) is 5.69 Å². The van der Waals surface area contributed by atoms with Crippen LogP contribution in [-0.4, -0.2) is 4.92 Å². The van der Waals surface area contributed by atoms with Gasteiger partial charge in [0.2, 0.25) is 0 Å². The number of hydrogen-bond donors (Lipinski definition) is 1. The van der Waals surface area contributed by atoms with E-state index in [0.29, 0.717) is 0 Å². The predicted molar refractivity (Wildman–Crippen MR) is 86.8 cm³/mol. The van der Waals surface area contributed by atoms with Crippen molar-refractivity contribution in [2.75, 3.05) is 0 Å². The van der Waals surface area contributed by atoms with Crippen LogP contribution in [0.4, 0.5) is 5.69 Å². The summed E-state index contributed by atoms with van der Waals surface area (Å²) in [6.45, 7) is 7.12. The van der Waals surface area contributed by atoms with Gasteiger partial charge in [-0.25, -0.2) is 0 Å². The van der Waals surface area contributed by atoms with Crippen LogP contribution in [0.3, 0.4) is 0 Å². The molecule has 5 heteroatoms. The number of nitrogens with one attached hydrogen (secondary N) is 1. The highest BCUT2D eigenvalue weighted by Crippen LogP contribution is 2.24. The Hall–Kier alpha value is -1.72. The number of rotatable bonds is 6. The van der Waals surface area contributed by atoms with Crippen LogP contribution in [0.1, 0.15) is 40.3 Å². The number of non-ortho nitro benzene ring substituents is 1. The number of nitrogens with zero attached hydrogens (tertiary/aromatic N) is 1. The summed E-state index contributed by atoms with van der Waals surface area (Å²) < 4.78 is 0. The largest absolute Gasteiger partial charge is 0.305 e. The normalized spacial score (nSPS) is 12.3. The van der Waals surface area contributed by atoms with Gasteiger partial charge in [0.15, 0.2) is 0 Å². The molecule has 0 spiro atoms. The van der Waals surface area contributed by atoms with Gasteiger partial charge in [0.05, 0.1) is 4.92 Å². The van der Waals surface area contributed by atoms with E-state index < -0.39 is 0 Å². The maximum Gasteiger partial charge on any atom is 0.269 e. The number of benzene rings is 1. The third-order valence-corrected chi connectivity index (χ3v) is 4.78. The minimum Gasteiger partial charge on any atom is -0.305 e. The maximum atomic E-state index is 10.9. The molecule has 0 aliphatic carbocycles. The Balaban J connectivity index is 2.09. The van der Waals surface area contributed by atoms with Gasteiger partial charge >= 0.3 is 0 Å². The van der Waals surface area contributed by atoms with E-state index in [-0.39, 0.29) is 16.7 Å². The van der Waals surface area contributed by atoms with E-state index in [2.05, 4.69) is 32.2 Å². The second-order valence-corrected chi connectivity index (χ2v) is 6.49. The van der Waals surface area contributed by atoms with Crippen LogP contribution in [-0.2, 0) is 6.54 Å². The summed E-state index contributed by atoms with van der Waals surface area (Å²) in [6.07, 6.45) is 0.893. The molecule has 0 radical (unpaired) electrons. The molecule has 2 rings (SSSR count). The zero-order chi connectivity index (χ0) is 15.4. The summed E-state index contributed by atoms with van der Waals surface area (Å²) in [5.41, 5.74) is 2.44. The van der Waals surface area contributed by atoms with Crippen LogP contribution >= 0.6 is 11.3 Å². The first kappa shape index (κ1) is 15.7. The number of nitro groups is 1. The maximum absolute atomic E-state index is 10.9. The minimum absolute atomic E-state index is 0.132. The molecule has 0 saturated carbocycles. The Morgan fingerprint density at radius 3 is 2.67 bits per heavy atom. The molecular formula is C16H20N2O2S. The molecule has 1 atom stereocenters. The lowest BCUT2D eigenvalue weighted by atomic mass is 10.0. The zero-order valence-electron chi connectivity index (χ0n) is 12.6. The molecule has 0 amide bonds. The van der Waals surface area contributed by atoms with Crippen molar-refractivity contribution < 1.29 is 4.92 Å². The summed E-state index contributed by atoms with van der Waals surface area (Å²) in [5, 5.41) is 14.4. The van der Waals surface area contributed by atoms with Crippen molar-refractivity contribution in [2.45, 2.75) is 39.8 Å². The van der Waals surface area contributed by atoms with Crippen molar-refractivity contribution in [3.05, 3.63) is 61.3 Å². The summed E-state index contributed by atoms with van der Waals surface area (Å²) in [5.74, 6) is 0. The van der Waals surface area contributed by atoms with Gasteiger partial charge in [0, 0.05) is 34.5 Å². The van der Waals surface area contributed by atoms with Crippen LogP contribution in [0.2, 0.25) is 0 Å². The van der Waals surface area contributed by atoms with E-state index >= 15 is 0 Å². The molecule has 4 nitrogen and oxygen atoms in total. The number of aryl methyl sites for hydroxylation is 2. The summed E-state index contributed by atoms with van der Waals surface area (Å²) in [7, 11) is 0. The van der Waals surface area contributed by atoms with Gasteiger partial charge in [-0.1, -0.05) is 19.1 Å². The first-order valence-corrected chi connectivity index (χ1v) is 7.86. The Labute approximate surface area is 129 Å². The molecule has 0 bridgehead atoms. The van der Waals surface area contributed by atoms with Gasteiger partial charge in [-0.3, -0.25) is 10.1 Å². The first-order valence-electron chi connectivity index (χ1n) is 7.05. The monoisotopic (exact) mass is 304 g/mol. The van der Waals surface area contributed by atoms with E-state index in [9.17, 15) is 10.1 Å². The van der Waals surface area contributed by atoms with Crippen LogP contribution in [0.15, 0.2) is 30.3 Å². The van der Waals surface area contributed by atoms with E-state index in [0.717, 1.165) is 18.5 Å². The number of thiophene rings is 1. The quantitative estimate of drug-likeness (QED) is 0.631. The van der Waals surface area contributed by atoms with Gasteiger partial charge in [-0.05, 0) is 37.5 Å². The molecule has 1 N–H and O–H groups in total. The second-order valence-electron chi connectivity index (χ2n) is 5.15. The topological polar surface area (TPSA) is 55.2 Å². The van der Waals surface area contributed by atoms with Crippen LogP contribution in [0, 0.1) is 24.0 Å². The van der Waals surface area contributed by atoms with Crippen LogP contribution < -0.4 is 5.32 Å². The lowest BCUT2D eigenvalue weighted by Crippen LogP contribution is -2.19. The van der Waals surface area contributed by atoms with Crippen LogP contribution in [0.25, 0.3) is 0 Å². The highest BCUT2D eigenvalue weighted by atomic mass is 32.1. The van der Waals surface area contributed by atoms with Crippen molar-refractivity contribution in [3.63, 3.8) is 0 Å². The molecule has 112 valence electrons. The standard InChI is InChI=1S/C16H20N2O2S/c1-4-16(13-6-5-7-14(9-13)18(19)20)17-10-15-8-11(2)12(3)21-15/h5-9,16-17H,4,10H2,1-3H3. The molecule has 1 heterocycles. The number of nitro benzene ring substituents is 1. The van der Waals surface area contributed by atoms with Crippen LogP contribution in [0.5, 0.6) is 0 Å². The Bertz CT molecular complexity index is 617. The minimum atomic E-state index is -0.345. The van der Waals surface area contributed by atoms with E-state index in [1.54, 1.807) is 23.5 Å². The third-order valence-electron chi connectivity index (χ3n) is 3.63. The van der Waals surface area contributed by atoms with E-state index in [1.807, 2.05) is 6.07 Å². The summed E-state index contributed by atoms with van der Waals surface area (Å²) >= 11 is 1.80. The SMILES string of the molecule is CCC(NCc1cc(C)c(C)s1)c1cccc([N+](=O)[O-])c1. The molecule has 0 aliphatic heterocycles. The Kier molecular flexibility index (Phi) is 5.09. The highest BCUT2D eigenvalue weighted by Gasteiger charge is 2.13. The predicted octanol–water partition coefficient (Wildman–Crippen LogP) is 4.51. The van der Waals surface area contributed by atoms with Gasteiger partial charge < -0.3 is 5.32 Å². The zero-order valence-corrected chi connectivity index (χ0v) is 13.4. The first-order chi connectivity index (χ1) is 10.0. The summed E-state index contributed by atoms with van der Waals surface area (Å²) in [4.78, 5) is 13.2. The van der Waals surface area contributed by atoms with Gasteiger partial charge in [0.1, 0.15) is 0 Å². The molecule has 21 heavy (non-hydrogen) atoms. The fourth-order valence-electron chi connectivity index (χ4n) is 2.31. The molecule has 0 fully saturated rings. The Morgan fingerprint density at radius 2 is 2.10 bits per heavy atom.